The largest absolute Gasteiger partial charge is 0.361 e. The van der Waals surface area contributed by atoms with Crippen molar-refractivity contribution in [1.82, 2.24) is 19.8 Å². The molecule has 2 saturated heterocycles. The highest BCUT2D eigenvalue weighted by atomic mass is 32.2. The van der Waals surface area contributed by atoms with Crippen LogP contribution in [0.15, 0.2) is 48.8 Å². The molecular formula is C38H48N4O2S2. The van der Waals surface area contributed by atoms with Crippen LogP contribution in [0.2, 0.25) is 0 Å². The highest BCUT2D eigenvalue weighted by molar-refractivity contribution is 8.00. The van der Waals surface area contributed by atoms with Gasteiger partial charge in [-0.1, -0.05) is 24.3 Å². The van der Waals surface area contributed by atoms with E-state index < -0.39 is 0 Å². The van der Waals surface area contributed by atoms with E-state index in [2.05, 4.69) is 82.7 Å². The number of carbonyl (C=O) groups excluding carboxylic acids is 2. The summed E-state index contributed by atoms with van der Waals surface area (Å²) in [6, 6.07) is 14.7. The van der Waals surface area contributed by atoms with Gasteiger partial charge < -0.3 is 19.8 Å². The molecule has 4 aliphatic rings. The van der Waals surface area contributed by atoms with Crippen LogP contribution in [0.25, 0.3) is 21.8 Å². The fourth-order valence-electron chi connectivity index (χ4n) is 9.09. The van der Waals surface area contributed by atoms with Crippen LogP contribution < -0.4 is 0 Å². The Hall–Kier alpha value is -2.52. The first-order chi connectivity index (χ1) is 22.3. The average Bonchev–Trinajstić information content (AvgIpc) is 3.64. The second-order valence-corrected chi connectivity index (χ2v) is 16.5. The van der Waals surface area contributed by atoms with Gasteiger partial charge in [0.25, 0.3) is 0 Å². The van der Waals surface area contributed by atoms with E-state index in [-0.39, 0.29) is 11.6 Å². The number of aromatic amines is 2. The first-order valence-corrected chi connectivity index (χ1v) is 19.3. The van der Waals surface area contributed by atoms with Crippen molar-refractivity contribution in [3.63, 3.8) is 0 Å². The Morgan fingerprint density at radius 3 is 1.57 bits per heavy atom. The highest BCUT2D eigenvalue weighted by Gasteiger charge is 2.40. The minimum atomic E-state index is 0.288. The first kappa shape index (κ1) is 32.0. The average molecular weight is 657 g/mol. The quantitative estimate of drug-likeness (QED) is 0.215. The monoisotopic (exact) mass is 656 g/mol. The van der Waals surface area contributed by atoms with E-state index in [0.717, 1.165) is 37.4 Å². The molecule has 0 spiro atoms. The minimum absolute atomic E-state index is 0.288. The number of aromatic nitrogens is 2. The second kappa shape index (κ2) is 13.5. The zero-order valence-corrected chi connectivity index (χ0v) is 29.3. The van der Waals surface area contributed by atoms with Gasteiger partial charge in [0.2, 0.25) is 0 Å². The molecule has 0 radical (unpaired) electrons. The molecule has 46 heavy (non-hydrogen) atoms. The number of likely N-dealkylation sites (N-methyl/N-ethyl adjacent to an activating group) is 2. The Morgan fingerprint density at radius 2 is 1.15 bits per heavy atom. The standard InChI is InChI=1S/2C19H24N2OS/c2*1-12(22)10-23-11-13-6-16-15-4-3-5-17-19(15)14(8-20-17)7-18(16)21(2)9-13/h2*3-5,8,13,16,18,20H,6-7,9-11H2,1-2H3/t2*13-,16-,18-/m11/s1. The number of rotatable bonds is 8. The Labute approximate surface area is 281 Å². The number of nitrogens with zero attached hydrogens (tertiary/aromatic N) is 2. The molecule has 2 aliphatic carbocycles. The van der Waals surface area contributed by atoms with Crippen LogP contribution in [0.3, 0.4) is 0 Å². The van der Waals surface area contributed by atoms with Crippen molar-refractivity contribution in [1.29, 1.82) is 0 Å². The Bertz CT molecular complexity index is 1600. The molecule has 2 aliphatic heterocycles. The topological polar surface area (TPSA) is 72.2 Å². The molecule has 6 atom stereocenters. The smallest absolute Gasteiger partial charge is 0.139 e. The van der Waals surface area contributed by atoms with Crippen LogP contribution in [0.1, 0.15) is 60.8 Å². The lowest BCUT2D eigenvalue weighted by Crippen LogP contribution is -2.48. The molecule has 0 saturated carbocycles. The molecule has 6 nitrogen and oxygen atoms in total. The van der Waals surface area contributed by atoms with Gasteiger partial charge in [0.15, 0.2) is 0 Å². The van der Waals surface area contributed by atoms with Crippen LogP contribution in [0.4, 0.5) is 0 Å². The van der Waals surface area contributed by atoms with Gasteiger partial charge in [0.1, 0.15) is 11.6 Å². The van der Waals surface area contributed by atoms with Gasteiger partial charge in [-0.2, -0.15) is 23.5 Å². The van der Waals surface area contributed by atoms with Crippen molar-refractivity contribution >= 4 is 56.9 Å². The van der Waals surface area contributed by atoms with Crippen molar-refractivity contribution in [3.8, 4) is 0 Å². The van der Waals surface area contributed by atoms with Gasteiger partial charge >= 0.3 is 0 Å². The van der Waals surface area contributed by atoms with E-state index in [1.807, 2.05) is 0 Å². The molecule has 8 heteroatoms. The zero-order chi connectivity index (χ0) is 31.9. The van der Waals surface area contributed by atoms with Crippen LogP contribution in [0, 0.1) is 11.8 Å². The molecule has 0 bridgehead atoms. The van der Waals surface area contributed by atoms with E-state index in [0.29, 0.717) is 47.3 Å². The lowest BCUT2D eigenvalue weighted by atomic mass is 9.73. The zero-order valence-electron chi connectivity index (χ0n) is 27.7. The third-order valence-corrected chi connectivity index (χ3v) is 13.6. The van der Waals surface area contributed by atoms with Gasteiger partial charge in [-0.3, -0.25) is 9.59 Å². The van der Waals surface area contributed by atoms with Crippen molar-refractivity contribution in [3.05, 3.63) is 71.0 Å². The Morgan fingerprint density at radius 1 is 0.717 bits per heavy atom. The Balaban J connectivity index is 0.000000147. The molecule has 2 N–H and O–H groups in total. The molecule has 4 heterocycles. The number of fused-ring (bicyclic) bond motifs is 4. The third kappa shape index (κ3) is 6.35. The molecule has 2 aromatic carbocycles. The summed E-state index contributed by atoms with van der Waals surface area (Å²) < 4.78 is 0. The summed E-state index contributed by atoms with van der Waals surface area (Å²) in [6.45, 7) is 5.68. The SMILES string of the molecule is CC(=O)CSC[C@@H]1C[C@@H]2c3cccc4[nH]cc(c34)C[C@H]2N(C)C1.CC(=O)CSC[C@@H]1C[C@@H]2c3cccc4[nH]cc(c34)C[C@H]2N(C)C1. The molecule has 244 valence electrons. The van der Waals surface area contributed by atoms with E-state index >= 15 is 0 Å². The number of carbonyl (C=O) groups is 2. The van der Waals surface area contributed by atoms with E-state index in [1.54, 1.807) is 37.4 Å². The number of H-pyrrole nitrogens is 2. The van der Waals surface area contributed by atoms with Crippen LogP contribution in [-0.4, -0.2) is 93.6 Å². The number of piperidine rings is 2. The Kier molecular flexibility index (Phi) is 9.43. The lowest BCUT2D eigenvalue weighted by molar-refractivity contribution is -0.115. The molecule has 0 unspecified atom stereocenters. The fourth-order valence-corrected chi connectivity index (χ4v) is 11.0. The second-order valence-electron chi connectivity index (χ2n) is 14.4. The van der Waals surface area contributed by atoms with Crippen molar-refractivity contribution in [2.45, 2.75) is 63.5 Å². The summed E-state index contributed by atoms with van der Waals surface area (Å²) >= 11 is 3.61. The highest BCUT2D eigenvalue weighted by Crippen LogP contribution is 2.46. The summed E-state index contributed by atoms with van der Waals surface area (Å²) in [5.41, 5.74) is 8.59. The maximum atomic E-state index is 11.2. The molecular weight excluding hydrogens is 609 g/mol. The molecule has 2 fully saturated rings. The van der Waals surface area contributed by atoms with E-state index in [1.165, 1.54) is 56.9 Å². The van der Waals surface area contributed by atoms with Crippen molar-refractivity contribution in [2.75, 3.05) is 50.2 Å². The van der Waals surface area contributed by atoms with Gasteiger partial charge in [0.05, 0.1) is 11.5 Å². The van der Waals surface area contributed by atoms with Gasteiger partial charge in [-0.25, -0.2) is 0 Å². The summed E-state index contributed by atoms with van der Waals surface area (Å²) in [5, 5.41) is 2.94. The first-order valence-electron chi connectivity index (χ1n) is 17.0. The van der Waals surface area contributed by atoms with Gasteiger partial charge in [0, 0.05) is 71.2 Å². The normalized spacial score (nSPS) is 27.1. The molecule has 2 aromatic heterocycles. The number of ketones is 2. The number of benzene rings is 2. The van der Waals surface area contributed by atoms with Crippen LogP contribution in [-0.2, 0) is 22.4 Å². The number of likely N-dealkylation sites (tertiary alicyclic amines) is 2. The molecule has 0 amide bonds. The maximum absolute atomic E-state index is 11.2. The predicted octanol–water partition coefficient (Wildman–Crippen LogP) is 6.90. The van der Waals surface area contributed by atoms with E-state index in [4.69, 9.17) is 0 Å². The lowest BCUT2D eigenvalue weighted by Gasteiger charge is -2.45. The third-order valence-electron chi connectivity index (χ3n) is 10.9. The summed E-state index contributed by atoms with van der Waals surface area (Å²) in [4.78, 5) is 34.4. The molecule has 4 aromatic rings. The van der Waals surface area contributed by atoms with Crippen LogP contribution >= 0.6 is 23.5 Å². The maximum Gasteiger partial charge on any atom is 0.139 e. The minimum Gasteiger partial charge on any atom is -0.361 e. The summed E-state index contributed by atoms with van der Waals surface area (Å²) in [5.74, 6) is 6.71. The number of thioether (sulfide) groups is 2. The van der Waals surface area contributed by atoms with Gasteiger partial charge in [-0.15, -0.1) is 0 Å². The van der Waals surface area contributed by atoms with E-state index in [9.17, 15) is 9.59 Å². The number of Topliss-reactive ketones (excluding diaryl/α,β-unsaturated/α-hetero) is 2. The number of nitrogens with one attached hydrogen (secondary N) is 2. The summed E-state index contributed by atoms with van der Waals surface area (Å²) in [7, 11) is 4.55. The number of hydrogen-bond donors (Lipinski definition) is 2. The predicted molar refractivity (Wildman–Crippen MR) is 195 cm³/mol. The number of hydrogen-bond acceptors (Lipinski definition) is 6. The fraction of sp³-hybridized carbons (Fsp3) is 0.526. The summed E-state index contributed by atoms with van der Waals surface area (Å²) in [6.07, 6.45) is 9.23. The van der Waals surface area contributed by atoms with Gasteiger partial charge in [-0.05, 0) is 111 Å². The van der Waals surface area contributed by atoms with Crippen molar-refractivity contribution < 1.29 is 9.59 Å². The molecule has 8 rings (SSSR count). The van der Waals surface area contributed by atoms with Crippen molar-refractivity contribution in [2.24, 2.45) is 11.8 Å². The van der Waals surface area contributed by atoms with Crippen LogP contribution in [0.5, 0.6) is 0 Å².